The minimum Gasteiger partial charge on any atom is -0.361 e. The second kappa shape index (κ2) is 2.84. The first-order chi connectivity index (χ1) is 6.74. The van der Waals surface area contributed by atoms with Crippen molar-refractivity contribution in [3.8, 4) is 0 Å². The van der Waals surface area contributed by atoms with Gasteiger partial charge in [-0.25, -0.2) is 0 Å². The fourth-order valence-electron chi connectivity index (χ4n) is 2.35. The Labute approximate surface area is 90.6 Å². The van der Waals surface area contributed by atoms with Gasteiger partial charge in [-0.15, -0.1) is 0 Å². The Hall–Kier alpha value is -0.800. The van der Waals surface area contributed by atoms with Crippen LogP contribution in [0.2, 0.25) is 0 Å². The van der Waals surface area contributed by atoms with Gasteiger partial charge in [-0.05, 0) is 36.1 Å². The standard InChI is InChI=1S/C11H11BrN2/c12-8-1-6-2-9(13)3-7-5-14-10(4-8)11(6)7/h1,4-5,9,14H,2-3,13H2. The molecule has 0 fully saturated rings. The van der Waals surface area contributed by atoms with E-state index >= 15 is 0 Å². The molecule has 1 aliphatic carbocycles. The van der Waals surface area contributed by atoms with E-state index in [1.807, 2.05) is 0 Å². The number of nitrogens with one attached hydrogen (secondary N) is 1. The molecule has 3 heteroatoms. The van der Waals surface area contributed by atoms with Crippen molar-refractivity contribution in [3.05, 3.63) is 33.9 Å². The summed E-state index contributed by atoms with van der Waals surface area (Å²) in [5, 5.41) is 1.38. The summed E-state index contributed by atoms with van der Waals surface area (Å²) in [5.41, 5.74) is 9.95. The van der Waals surface area contributed by atoms with Gasteiger partial charge in [0.15, 0.2) is 0 Å². The van der Waals surface area contributed by atoms with Crippen molar-refractivity contribution < 1.29 is 0 Å². The van der Waals surface area contributed by atoms with E-state index in [1.54, 1.807) is 0 Å². The molecule has 1 aromatic heterocycles. The molecule has 2 nitrogen and oxygen atoms in total. The van der Waals surface area contributed by atoms with E-state index in [0.29, 0.717) is 0 Å². The summed E-state index contributed by atoms with van der Waals surface area (Å²) in [4.78, 5) is 3.30. The normalized spacial score (nSPS) is 20.3. The van der Waals surface area contributed by atoms with Crippen molar-refractivity contribution in [1.29, 1.82) is 0 Å². The van der Waals surface area contributed by atoms with E-state index in [0.717, 1.165) is 17.3 Å². The molecule has 3 rings (SSSR count). The molecule has 14 heavy (non-hydrogen) atoms. The molecule has 1 atom stereocenters. The molecule has 1 heterocycles. The second-order valence-corrected chi connectivity index (χ2v) is 4.89. The van der Waals surface area contributed by atoms with E-state index in [2.05, 4.69) is 39.2 Å². The van der Waals surface area contributed by atoms with Gasteiger partial charge in [0.05, 0.1) is 0 Å². The van der Waals surface area contributed by atoms with Crippen molar-refractivity contribution in [1.82, 2.24) is 4.98 Å². The van der Waals surface area contributed by atoms with Gasteiger partial charge in [0.25, 0.3) is 0 Å². The fourth-order valence-corrected chi connectivity index (χ4v) is 2.86. The Kier molecular flexibility index (Phi) is 1.73. The Morgan fingerprint density at radius 2 is 2.07 bits per heavy atom. The number of hydrogen-bond acceptors (Lipinski definition) is 1. The molecule has 0 aliphatic heterocycles. The Morgan fingerprint density at radius 1 is 1.29 bits per heavy atom. The maximum absolute atomic E-state index is 6.00. The van der Waals surface area contributed by atoms with Gasteiger partial charge in [-0.1, -0.05) is 15.9 Å². The van der Waals surface area contributed by atoms with Crippen molar-refractivity contribution >= 4 is 26.8 Å². The third-order valence-electron chi connectivity index (χ3n) is 2.87. The minimum atomic E-state index is 0.274. The van der Waals surface area contributed by atoms with Crippen LogP contribution < -0.4 is 5.73 Å². The summed E-state index contributed by atoms with van der Waals surface area (Å²) >= 11 is 3.52. The average molecular weight is 251 g/mol. The Bertz CT molecular complexity index is 501. The third kappa shape index (κ3) is 1.12. The maximum Gasteiger partial charge on any atom is 0.0470 e. The van der Waals surface area contributed by atoms with Crippen LogP contribution >= 0.6 is 15.9 Å². The number of rotatable bonds is 0. The predicted molar refractivity (Wildman–Crippen MR) is 61.4 cm³/mol. The van der Waals surface area contributed by atoms with Gasteiger partial charge in [-0.3, -0.25) is 0 Å². The quantitative estimate of drug-likeness (QED) is 0.741. The first-order valence-corrected chi connectivity index (χ1v) is 5.57. The molecule has 1 aliphatic rings. The van der Waals surface area contributed by atoms with Crippen LogP contribution in [0, 0.1) is 0 Å². The summed E-state index contributed by atoms with van der Waals surface area (Å²) in [5.74, 6) is 0. The molecule has 0 saturated carbocycles. The van der Waals surface area contributed by atoms with Crippen LogP contribution in [-0.2, 0) is 12.8 Å². The highest BCUT2D eigenvalue weighted by Crippen LogP contribution is 2.31. The largest absolute Gasteiger partial charge is 0.361 e. The number of nitrogens with two attached hydrogens (primary N) is 1. The fraction of sp³-hybridized carbons (Fsp3) is 0.273. The number of halogens is 1. The van der Waals surface area contributed by atoms with Gasteiger partial charge in [0.2, 0.25) is 0 Å². The van der Waals surface area contributed by atoms with Crippen LogP contribution in [0.5, 0.6) is 0 Å². The van der Waals surface area contributed by atoms with Gasteiger partial charge in [-0.2, -0.15) is 0 Å². The summed E-state index contributed by atoms with van der Waals surface area (Å²) < 4.78 is 1.13. The van der Waals surface area contributed by atoms with Crippen molar-refractivity contribution in [2.45, 2.75) is 18.9 Å². The number of aromatic nitrogens is 1. The molecular formula is C11H11BrN2. The zero-order chi connectivity index (χ0) is 9.71. The lowest BCUT2D eigenvalue weighted by Crippen LogP contribution is -2.28. The predicted octanol–water partition coefficient (Wildman–Crippen LogP) is 2.36. The van der Waals surface area contributed by atoms with E-state index in [9.17, 15) is 0 Å². The molecule has 0 radical (unpaired) electrons. The Morgan fingerprint density at radius 3 is 2.93 bits per heavy atom. The lowest BCUT2D eigenvalue weighted by Gasteiger charge is -2.18. The van der Waals surface area contributed by atoms with Crippen LogP contribution in [-0.4, -0.2) is 11.0 Å². The lowest BCUT2D eigenvalue weighted by molar-refractivity contribution is 0.657. The third-order valence-corrected chi connectivity index (χ3v) is 3.33. The van der Waals surface area contributed by atoms with Gasteiger partial charge >= 0.3 is 0 Å². The molecule has 3 N–H and O–H groups in total. The van der Waals surface area contributed by atoms with Crippen molar-refractivity contribution in [2.75, 3.05) is 0 Å². The molecule has 1 aromatic carbocycles. The summed E-state index contributed by atoms with van der Waals surface area (Å²) in [6, 6.07) is 4.58. The highest BCUT2D eigenvalue weighted by molar-refractivity contribution is 9.10. The van der Waals surface area contributed by atoms with Crippen LogP contribution in [0.4, 0.5) is 0 Å². The van der Waals surface area contributed by atoms with Crippen LogP contribution in [0.15, 0.2) is 22.8 Å². The minimum absolute atomic E-state index is 0.274. The van der Waals surface area contributed by atoms with Gasteiger partial charge in [0.1, 0.15) is 0 Å². The average Bonchev–Trinajstić information content (AvgIpc) is 2.48. The summed E-state index contributed by atoms with van der Waals surface area (Å²) in [7, 11) is 0. The highest BCUT2D eigenvalue weighted by Gasteiger charge is 2.19. The molecule has 0 spiro atoms. The molecule has 0 bridgehead atoms. The number of hydrogen-bond donors (Lipinski definition) is 2. The maximum atomic E-state index is 6.00. The second-order valence-electron chi connectivity index (χ2n) is 3.97. The van der Waals surface area contributed by atoms with E-state index < -0.39 is 0 Å². The van der Waals surface area contributed by atoms with Crippen molar-refractivity contribution in [3.63, 3.8) is 0 Å². The van der Waals surface area contributed by atoms with E-state index in [1.165, 1.54) is 22.0 Å². The molecule has 72 valence electrons. The molecule has 1 unspecified atom stereocenters. The smallest absolute Gasteiger partial charge is 0.0470 e. The van der Waals surface area contributed by atoms with Crippen LogP contribution in [0.1, 0.15) is 11.1 Å². The lowest BCUT2D eigenvalue weighted by atomic mass is 9.90. The van der Waals surface area contributed by atoms with Crippen LogP contribution in [0.3, 0.4) is 0 Å². The zero-order valence-corrected chi connectivity index (χ0v) is 9.26. The van der Waals surface area contributed by atoms with Gasteiger partial charge in [0, 0.05) is 27.6 Å². The number of aromatic amines is 1. The molecule has 2 aromatic rings. The van der Waals surface area contributed by atoms with E-state index in [-0.39, 0.29) is 6.04 Å². The summed E-state index contributed by atoms with van der Waals surface area (Å²) in [6.07, 6.45) is 4.06. The molecule has 0 saturated heterocycles. The monoisotopic (exact) mass is 250 g/mol. The van der Waals surface area contributed by atoms with Crippen molar-refractivity contribution in [2.24, 2.45) is 5.73 Å². The summed E-state index contributed by atoms with van der Waals surface area (Å²) in [6.45, 7) is 0. The van der Waals surface area contributed by atoms with Crippen LogP contribution in [0.25, 0.3) is 10.9 Å². The number of H-pyrrole nitrogens is 1. The molecule has 0 amide bonds. The number of benzene rings is 1. The van der Waals surface area contributed by atoms with E-state index in [4.69, 9.17) is 5.73 Å². The zero-order valence-electron chi connectivity index (χ0n) is 7.68. The highest BCUT2D eigenvalue weighted by atomic mass is 79.9. The Balaban J connectivity index is 2.38. The SMILES string of the molecule is NC1Cc2c[nH]c3cc(Br)cc(c23)C1. The van der Waals surface area contributed by atoms with Gasteiger partial charge < -0.3 is 10.7 Å². The molecular weight excluding hydrogens is 240 g/mol. The first-order valence-electron chi connectivity index (χ1n) is 4.78. The topological polar surface area (TPSA) is 41.8 Å². The first kappa shape index (κ1) is 8.50.